The first-order valence-corrected chi connectivity index (χ1v) is 20.1. The van der Waals surface area contributed by atoms with E-state index in [1.807, 2.05) is 48.7 Å². The molecule has 0 amide bonds. The van der Waals surface area contributed by atoms with Crippen LogP contribution in [0.2, 0.25) is 19.6 Å². The molecular formula is C41H40IrN2OSi-2. The number of hydrogen-bond acceptors (Lipinski definition) is 3. The van der Waals surface area contributed by atoms with Crippen LogP contribution in [0.3, 0.4) is 0 Å². The van der Waals surface area contributed by atoms with Crippen LogP contribution in [0.5, 0.6) is 0 Å². The number of nitrogens with zero attached hydrogens (tertiary/aromatic N) is 2. The van der Waals surface area contributed by atoms with E-state index in [1.165, 1.54) is 53.6 Å². The van der Waals surface area contributed by atoms with E-state index in [9.17, 15) is 0 Å². The molecule has 3 heterocycles. The smallest absolute Gasteiger partial charge is 0.120 e. The van der Waals surface area contributed by atoms with Gasteiger partial charge in [-0.2, -0.15) is 0 Å². The van der Waals surface area contributed by atoms with Crippen molar-refractivity contribution in [3.63, 3.8) is 0 Å². The topological polar surface area (TPSA) is 38.9 Å². The Morgan fingerprint density at radius 1 is 0.739 bits per heavy atom. The van der Waals surface area contributed by atoms with E-state index in [0.717, 1.165) is 57.4 Å². The number of rotatable bonds is 4. The van der Waals surface area contributed by atoms with Crippen molar-refractivity contribution in [2.75, 3.05) is 0 Å². The zero-order valence-electron chi connectivity index (χ0n) is 26.8. The number of pyridine rings is 2. The predicted octanol–water partition coefficient (Wildman–Crippen LogP) is 10.1. The summed E-state index contributed by atoms with van der Waals surface area (Å²) in [6.45, 7) is 7.22. The molecule has 4 saturated carbocycles. The molecule has 46 heavy (non-hydrogen) atoms. The second-order valence-corrected chi connectivity index (χ2v) is 19.6. The van der Waals surface area contributed by atoms with Gasteiger partial charge >= 0.3 is 0 Å². The summed E-state index contributed by atoms with van der Waals surface area (Å²) in [4.78, 5) is 9.07. The Kier molecular flexibility index (Phi) is 8.61. The van der Waals surface area contributed by atoms with Crippen molar-refractivity contribution >= 4 is 35.2 Å². The Morgan fingerprint density at radius 3 is 2.15 bits per heavy atom. The molecule has 4 fully saturated rings. The molecule has 235 valence electrons. The van der Waals surface area contributed by atoms with Crippen molar-refractivity contribution in [1.29, 1.82) is 0 Å². The van der Waals surface area contributed by atoms with E-state index < -0.39 is 8.07 Å². The molecule has 3 aromatic heterocycles. The standard InChI is InChI=1S/C30H32NOSi.C11H8N.Ir/c1-33(2,3)27-9-8-23(30-29(27)24-6-4-5-7-26(24)32-30)25-17-20(10-11-31-25)28-21-13-18-12-19(15-21)16-22(28)14-18;1-2-6-10(7-3-1)11-8-4-5-9-12-11;/h4-7,9-11,17-19,21-22,28H,12-16H2,1-3H3;1-6,8-9H;/q2*-1;. The largest absolute Gasteiger partial charge is 0.501 e. The second-order valence-electron chi connectivity index (χ2n) is 14.6. The van der Waals surface area contributed by atoms with Crippen LogP contribution in [0.1, 0.15) is 43.6 Å². The molecule has 3 nitrogen and oxygen atoms in total. The summed E-state index contributed by atoms with van der Waals surface area (Å²) in [5, 5.41) is 3.92. The Bertz CT molecular complexity index is 1900. The quantitative estimate of drug-likeness (QED) is 0.132. The predicted molar refractivity (Wildman–Crippen MR) is 187 cm³/mol. The number of benzene rings is 3. The van der Waals surface area contributed by atoms with Gasteiger partial charge in [0.05, 0.1) is 5.58 Å². The van der Waals surface area contributed by atoms with E-state index in [1.54, 1.807) is 6.20 Å². The summed E-state index contributed by atoms with van der Waals surface area (Å²) in [6.07, 6.45) is 11.1. The van der Waals surface area contributed by atoms with E-state index in [0.29, 0.717) is 5.92 Å². The Hall–Kier alpha value is -3.37. The summed E-state index contributed by atoms with van der Waals surface area (Å²) in [7, 11) is -1.57. The fraction of sp³-hybridized carbons (Fsp3) is 0.317. The number of para-hydroxylation sites is 1. The summed E-state index contributed by atoms with van der Waals surface area (Å²) in [6, 6.07) is 35.8. The van der Waals surface area contributed by atoms with Gasteiger partial charge in [-0.3, -0.25) is 0 Å². The third-order valence-electron chi connectivity index (χ3n) is 10.6. The van der Waals surface area contributed by atoms with E-state index >= 15 is 0 Å². The normalized spacial score (nSPS) is 23.2. The molecule has 4 bridgehead atoms. The molecule has 4 aliphatic carbocycles. The molecule has 1 radical (unpaired) electrons. The summed E-state index contributed by atoms with van der Waals surface area (Å²) in [5.41, 5.74) is 7.48. The first-order chi connectivity index (χ1) is 21.9. The summed E-state index contributed by atoms with van der Waals surface area (Å²) < 4.78 is 6.50. The monoisotopic (exact) mass is 797 g/mol. The third kappa shape index (κ3) is 5.83. The van der Waals surface area contributed by atoms with Gasteiger partial charge in [0.15, 0.2) is 0 Å². The summed E-state index contributed by atoms with van der Waals surface area (Å²) in [5.74, 6) is 4.47. The third-order valence-corrected chi connectivity index (χ3v) is 12.6. The van der Waals surface area contributed by atoms with Gasteiger partial charge < -0.3 is 14.4 Å². The van der Waals surface area contributed by atoms with Crippen molar-refractivity contribution in [1.82, 2.24) is 9.97 Å². The summed E-state index contributed by atoms with van der Waals surface area (Å²) >= 11 is 0. The second kappa shape index (κ2) is 12.7. The molecule has 0 aliphatic heterocycles. The van der Waals surface area contributed by atoms with Crippen LogP contribution in [0.4, 0.5) is 0 Å². The maximum Gasteiger partial charge on any atom is 0.120 e. The van der Waals surface area contributed by atoms with Crippen LogP contribution in [-0.4, -0.2) is 18.0 Å². The van der Waals surface area contributed by atoms with Crippen molar-refractivity contribution < 1.29 is 24.5 Å². The molecule has 3 aromatic carbocycles. The number of furan rings is 1. The van der Waals surface area contributed by atoms with Crippen LogP contribution >= 0.6 is 0 Å². The van der Waals surface area contributed by atoms with Gasteiger partial charge in [0, 0.05) is 46.0 Å². The molecule has 0 spiro atoms. The first kappa shape index (κ1) is 31.2. The van der Waals surface area contributed by atoms with Gasteiger partial charge in [-0.1, -0.05) is 67.0 Å². The molecule has 4 aliphatic rings. The maximum absolute atomic E-state index is 6.50. The van der Waals surface area contributed by atoms with Gasteiger partial charge in [0.2, 0.25) is 0 Å². The molecule has 5 heteroatoms. The van der Waals surface area contributed by atoms with Gasteiger partial charge in [0.1, 0.15) is 5.58 Å². The zero-order chi connectivity index (χ0) is 30.5. The minimum atomic E-state index is -1.57. The van der Waals surface area contributed by atoms with Gasteiger partial charge in [0.25, 0.3) is 0 Å². The number of hydrogen-bond donors (Lipinski definition) is 0. The van der Waals surface area contributed by atoms with Gasteiger partial charge in [-0.15, -0.1) is 53.2 Å². The number of aromatic nitrogens is 2. The molecule has 0 atom stereocenters. The van der Waals surface area contributed by atoms with Crippen LogP contribution in [-0.2, 0) is 20.1 Å². The molecular weight excluding hydrogens is 757 g/mol. The van der Waals surface area contributed by atoms with E-state index in [4.69, 9.17) is 9.40 Å². The molecule has 0 N–H and O–H groups in total. The van der Waals surface area contributed by atoms with Gasteiger partial charge in [-0.05, 0) is 96.8 Å². The maximum atomic E-state index is 6.50. The molecule has 6 aromatic rings. The average molecular weight is 797 g/mol. The van der Waals surface area contributed by atoms with E-state index in [-0.39, 0.29) is 20.1 Å². The van der Waals surface area contributed by atoms with E-state index in [2.05, 4.69) is 79.2 Å². The van der Waals surface area contributed by atoms with Crippen molar-refractivity contribution in [2.45, 2.75) is 57.7 Å². The average Bonchev–Trinajstić information content (AvgIpc) is 3.44. The van der Waals surface area contributed by atoms with Crippen LogP contribution in [0, 0.1) is 35.8 Å². The van der Waals surface area contributed by atoms with Crippen LogP contribution < -0.4 is 5.19 Å². The Morgan fingerprint density at radius 2 is 1.46 bits per heavy atom. The fourth-order valence-electron chi connectivity index (χ4n) is 8.89. The van der Waals surface area contributed by atoms with Crippen LogP contribution in [0.25, 0.3) is 44.5 Å². The van der Waals surface area contributed by atoms with Gasteiger partial charge in [-0.25, -0.2) is 0 Å². The zero-order valence-corrected chi connectivity index (χ0v) is 30.2. The molecule has 0 saturated heterocycles. The minimum Gasteiger partial charge on any atom is -0.501 e. The van der Waals surface area contributed by atoms with Crippen molar-refractivity contribution in [3.05, 3.63) is 115 Å². The number of fused-ring (bicyclic) bond motifs is 3. The first-order valence-electron chi connectivity index (χ1n) is 16.6. The Balaban J connectivity index is 0.000000220. The minimum absolute atomic E-state index is 0. The Labute approximate surface area is 287 Å². The molecule has 10 rings (SSSR count). The van der Waals surface area contributed by atoms with Crippen molar-refractivity contribution in [3.8, 4) is 22.5 Å². The SMILES string of the molecule is C[Si](C)(C)c1c[c-]c(-c2cc(C3C4CC5CC(C4)CC3C5)ccn2)c2oc3ccccc3c12.[Ir].[c-]1ccccc1-c1ccccn1. The van der Waals surface area contributed by atoms with Crippen LogP contribution in [0.15, 0.2) is 102 Å². The fourth-order valence-corrected chi connectivity index (χ4v) is 10.4. The van der Waals surface area contributed by atoms with Crippen molar-refractivity contribution in [2.24, 2.45) is 23.7 Å². The molecule has 0 unspecified atom stereocenters.